The van der Waals surface area contributed by atoms with Crippen molar-refractivity contribution in [3.05, 3.63) is 53.7 Å². The van der Waals surface area contributed by atoms with Gasteiger partial charge < -0.3 is 0 Å². The number of nitrogens with zero attached hydrogens (tertiary/aromatic N) is 4. The van der Waals surface area contributed by atoms with E-state index < -0.39 is 5.25 Å². The molecule has 1 aromatic heterocycles. The molecule has 0 saturated carbocycles. The fourth-order valence-corrected chi connectivity index (χ4v) is 3.79. The molecule has 0 fully saturated rings. The molecule has 1 amide bonds. The Morgan fingerprint density at radius 2 is 1.96 bits per heavy atom. The Hall–Kier alpha value is -2.65. The molecule has 1 aliphatic rings. The molecule has 0 saturated heterocycles. The summed E-state index contributed by atoms with van der Waals surface area (Å²) in [4.78, 5) is 17.5. The molecule has 0 spiro atoms. The standard InChI is InChI=1S/C20H20N4OS/c1-13(2)11-16-10-9-15(12-21)19(22-16)26-18-14(3)23-24(20(18)25)17-7-5-4-6-8-17/h4-10,13,18H,11H2,1-3H3. The van der Waals surface area contributed by atoms with E-state index in [0.29, 0.717) is 22.2 Å². The van der Waals surface area contributed by atoms with Crippen LogP contribution in [-0.4, -0.2) is 21.9 Å². The van der Waals surface area contributed by atoms with E-state index in [9.17, 15) is 10.1 Å². The lowest BCUT2D eigenvalue weighted by atomic mass is 10.1. The summed E-state index contributed by atoms with van der Waals surface area (Å²) in [6.07, 6.45) is 0.834. The van der Waals surface area contributed by atoms with E-state index in [4.69, 9.17) is 0 Å². The number of pyridine rings is 1. The topological polar surface area (TPSA) is 69.3 Å². The van der Waals surface area contributed by atoms with Gasteiger partial charge in [0.2, 0.25) is 0 Å². The van der Waals surface area contributed by atoms with E-state index in [-0.39, 0.29) is 5.91 Å². The van der Waals surface area contributed by atoms with Gasteiger partial charge >= 0.3 is 0 Å². The average molecular weight is 364 g/mol. The Balaban J connectivity index is 1.86. The minimum atomic E-state index is -0.468. The highest BCUT2D eigenvalue weighted by atomic mass is 32.2. The number of thioether (sulfide) groups is 1. The molecule has 1 aliphatic heterocycles. The van der Waals surface area contributed by atoms with Crippen LogP contribution in [0.15, 0.2) is 52.6 Å². The van der Waals surface area contributed by atoms with Crippen LogP contribution in [0.2, 0.25) is 0 Å². The zero-order valence-electron chi connectivity index (χ0n) is 15.0. The number of aromatic nitrogens is 1. The maximum absolute atomic E-state index is 12.9. The maximum atomic E-state index is 12.9. The van der Waals surface area contributed by atoms with Crippen LogP contribution in [0.4, 0.5) is 5.69 Å². The Morgan fingerprint density at radius 1 is 1.23 bits per heavy atom. The summed E-state index contributed by atoms with van der Waals surface area (Å²) in [5.74, 6) is 0.358. The van der Waals surface area contributed by atoms with Crippen LogP contribution >= 0.6 is 11.8 Å². The molecule has 0 aliphatic carbocycles. The summed E-state index contributed by atoms with van der Waals surface area (Å²) in [5, 5.41) is 15.4. The monoisotopic (exact) mass is 364 g/mol. The predicted molar refractivity (Wildman–Crippen MR) is 104 cm³/mol. The Kier molecular flexibility index (Phi) is 5.38. The molecular formula is C20H20N4OS. The molecule has 2 heterocycles. The van der Waals surface area contributed by atoms with Crippen molar-refractivity contribution >= 4 is 29.1 Å². The molecule has 1 aromatic carbocycles. The average Bonchev–Trinajstić information content (AvgIpc) is 2.90. The molecule has 26 heavy (non-hydrogen) atoms. The van der Waals surface area contributed by atoms with Gasteiger partial charge in [0.25, 0.3) is 5.91 Å². The lowest BCUT2D eigenvalue weighted by Crippen LogP contribution is -2.29. The summed E-state index contributed by atoms with van der Waals surface area (Å²) in [6, 6.07) is 15.2. The van der Waals surface area contributed by atoms with Gasteiger partial charge in [0, 0.05) is 5.69 Å². The third-order valence-corrected chi connectivity index (χ3v) is 5.27. The first-order valence-corrected chi connectivity index (χ1v) is 9.38. The maximum Gasteiger partial charge on any atom is 0.266 e. The molecule has 6 heteroatoms. The predicted octanol–water partition coefficient (Wildman–Crippen LogP) is 4.04. The van der Waals surface area contributed by atoms with Gasteiger partial charge in [-0.05, 0) is 43.5 Å². The van der Waals surface area contributed by atoms with Gasteiger partial charge in [0.15, 0.2) is 0 Å². The van der Waals surface area contributed by atoms with Gasteiger partial charge in [-0.2, -0.15) is 15.4 Å². The van der Waals surface area contributed by atoms with Crippen molar-refractivity contribution in [3.8, 4) is 6.07 Å². The Labute approximate surface area is 157 Å². The van der Waals surface area contributed by atoms with Crippen LogP contribution in [0.25, 0.3) is 0 Å². The van der Waals surface area contributed by atoms with Gasteiger partial charge in [0.05, 0.1) is 17.0 Å². The number of carbonyl (C=O) groups excluding carboxylic acids is 1. The summed E-state index contributed by atoms with van der Waals surface area (Å²) in [7, 11) is 0. The van der Waals surface area contributed by atoms with Gasteiger partial charge in [0.1, 0.15) is 16.3 Å². The molecule has 0 bridgehead atoms. The van der Waals surface area contributed by atoms with Crippen molar-refractivity contribution in [2.45, 2.75) is 37.5 Å². The van der Waals surface area contributed by atoms with E-state index in [1.54, 1.807) is 6.07 Å². The summed E-state index contributed by atoms with van der Waals surface area (Å²) < 4.78 is 0. The quantitative estimate of drug-likeness (QED) is 0.803. The molecule has 5 nitrogen and oxygen atoms in total. The first-order chi connectivity index (χ1) is 12.5. The minimum Gasteiger partial charge on any atom is -0.271 e. The van der Waals surface area contributed by atoms with Crippen molar-refractivity contribution in [2.75, 3.05) is 5.01 Å². The molecule has 1 unspecified atom stereocenters. The highest BCUT2D eigenvalue weighted by molar-refractivity contribution is 8.01. The number of anilines is 1. The molecule has 0 N–H and O–H groups in total. The van der Waals surface area contributed by atoms with Crippen LogP contribution in [0, 0.1) is 17.2 Å². The van der Waals surface area contributed by atoms with E-state index in [1.807, 2.05) is 43.3 Å². The second-order valence-corrected chi connectivity index (χ2v) is 7.68. The zero-order valence-corrected chi connectivity index (χ0v) is 15.8. The van der Waals surface area contributed by atoms with E-state index >= 15 is 0 Å². The second-order valence-electron chi connectivity index (χ2n) is 6.59. The number of nitriles is 1. The lowest BCUT2D eigenvalue weighted by Gasteiger charge is -2.14. The van der Waals surface area contributed by atoms with Crippen LogP contribution < -0.4 is 5.01 Å². The molecule has 0 radical (unpaired) electrons. The molecule has 3 rings (SSSR count). The largest absolute Gasteiger partial charge is 0.271 e. The molecule has 1 atom stereocenters. The fourth-order valence-electron chi connectivity index (χ4n) is 2.74. The SMILES string of the molecule is CC1=NN(c2ccccc2)C(=O)C1Sc1nc(CC(C)C)ccc1C#N. The summed E-state index contributed by atoms with van der Waals surface area (Å²) in [6.45, 7) is 6.09. The number of rotatable bonds is 5. The van der Waals surface area contributed by atoms with E-state index in [0.717, 1.165) is 17.8 Å². The number of para-hydroxylation sites is 1. The van der Waals surface area contributed by atoms with Crippen molar-refractivity contribution in [1.29, 1.82) is 5.26 Å². The van der Waals surface area contributed by atoms with Crippen molar-refractivity contribution in [1.82, 2.24) is 4.98 Å². The molecule has 2 aromatic rings. The van der Waals surface area contributed by atoms with Crippen molar-refractivity contribution < 1.29 is 4.79 Å². The smallest absolute Gasteiger partial charge is 0.266 e. The van der Waals surface area contributed by atoms with Gasteiger partial charge in [-0.3, -0.25) is 4.79 Å². The number of hydrogen-bond acceptors (Lipinski definition) is 5. The number of benzene rings is 1. The summed E-state index contributed by atoms with van der Waals surface area (Å²) >= 11 is 1.30. The van der Waals surface area contributed by atoms with Crippen LogP contribution in [0.5, 0.6) is 0 Å². The Bertz CT molecular complexity index is 886. The lowest BCUT2D eigenvalue weighted by molar-refractivity contribution is -0.116. The minimum absolute atomic E-state index is 0.112. The van der Waals surface area contributed by atoms with Crippen molar-refractivity contribution in [2.24, 2.45) is 11.0 Å². The van der Waals surface area contributed by atoms with Crippen LogP contribution in [0.3, 0.4) is 0 Å². The second kappa shape index (κ2) is 7.71. The first kappa shape index (κ1) is 18.2. The highest BCUT2D eigenvalue weighted by Gasteiger charge is 2.36. The zero-order chi connectivity index (χ0) is 18.7. The normalized spacial score (nSPS) is 16.7. The van der Waals surface area contributed by atoms with Crippen molar-refractivity contribution in [3.63, 3.8) is 0 Å². The van der Waals surface area contributed by atoms with Crippen LogP contribution in [0.1, 0.15) is 32.0 Å². The highest BCUT2D eigenvalue weighted by Crippen LogP contribution is 2.32. The summed E-state index contributed by atoms with van der Waals surface area (Å²) in [5.41, 5.74) is 2.87. The Morgan fingerprint density at radius 3 is 2.62 bits per heavy atom. The first-order valence-electron chi connectivity index (χ1n) is 8.50. The molecular weight excluding hydrogens is 344 g/mol. The van der Waals surface area contributed by atoms with E-state index in [1.165, 1.54) is 16.8 Å². The number of hydrazone groups is 1. The fraction of sp³-hybridized carbons (Fsp3) is 0.300. The number of amides is 1. The van der Waals surface area contributed by atoms with Gasteiger partial charge in [-0.1, -0.05) is 43.8 Å². The van der Waals surface area contributed by atoms with E-state index in [2.05, 4.69) is 30.0 Å². The molecule has 132 valence electrons. The third-order valence-electron chi connectivity index (χ3n) is 3.96. The van der Waals surface area contributed by atoms with Crippen LogP contribution in [-0.2, 0) is 11.2 Å². The number of hydrogen-bond donors (Lipinski definition) is 0. The number of carbonyl (C=O) groups is 1. The third kappa shape index (κ3) is 3.78. The van der Waals surface area contributed by atoms with Gasteiger partial charge in [-0.15, -0.1) is 0 Å². The van der Waals surface area contributed by atoms with Gasteiger partial charge in [-0.25, -0.2) is 4.98 Å².